The number of alkyl halides is 2. The highest BCUT2D eigenvalue weighted by atomic mass is 19.3. The Morgan fingerprint density at radius 2 is 1.83 bits per heavy atom. The van der Waals surface area contributed by atoms with Crippen molar-refractivity contribution in [2.24, 2.45) is 0 Å². The molecule has 3 aromatic rings. The number of rotatable bonds is 10. The van der Waals surface area contributed by atoms with E-state index in [1.807, 2.05) is 13.0 Å². The maximum absolute atomic E-state index is 13.2. The summed E-state index contributed by atoms with van der Waals surface area (Å²) in [4.78, 5) is 41.8. The lowest BCUT2D eigenvalue weighted by atomic mass is 10.2. The van der Waals surface area contributed by atoms with E-state index < -0.39 is 23.8 Å². The second-order valence-corrected chi connectivity index (χ2v) is 7.66. The van der Waals surface area contributed by atoms with Crippen LogP contribution in [-0.2, 0) is 11.3 Å². The summed E-state index contributed by atoms with van der Waals surface area (Å²) in [6.45, 7) is -0.851. The number of aromatic amines is 1. The number of carbonyl (C=O) groups is 1. The van der Waals surface area contributed by atoms with E-state index in [2.05, 4.69) is 9.72 Å². The number of nitrogens with one attached hydrogen (secondary N) is 1. The first-order valence-corrected chi connectivity index (χ1v) is 11.0. The van der Waals surface area contributed by atoms with Gasteiger partial charge in [-0.1, -0.05) is 61.9 Å². The zero-order valence-electron chi connectivity index (χ0n) is 19.1. The largest absolute Gasteiger partial charge is 0.434 e. The zero-order chi connectivity index (χ0) is 25.4. The number of anilines is 2. The number of hydrogen-bond acceptors (Lipinski definition) is 5. The predicted molar refractivity (Wildman–Crippen MR) is 131 cm³/mol. The number of nitrogens with two attached hydrogens (primary N) is 1. The van der Waals surface area contributed by atoms with Crippen LogP contribution in [0.2, 0.25) is 0 Å². The van der Waals surface area contributed by atoms with Crippen molar-refractivity contribution in [1.29, 1.82) is 0 Å². The van der Waals surface area contributed by atoms with Crippen LogP contribution in [0.3, 0.4) is 0 Å². The molecule has 8 nitrogen and oxygen atoms in total. The monoisotopic (exact) mass is 484 g/mol. The van der Waals surface area contributed by atoms with Crippen molar-refractivity contribution in [2.75, 3.05) is 17.2 Å². The minimum Gasteiger partial charge on any atom is -0.434 e. The van der Waals surface area contributed by atoms with Crippen molar-refractivity contribution in [2.45, 2.75) is 32.9 Å². The van der Waals surface area contributed by atoms with Crippen LogP contribution in [0.4, 0.5) is 20.3 Å². The van der Waals surface area contributed by atoms with Gasteiger partial charge in [0, 0.05) is 18.2 Å². The first-order valence-electron chi connectivity index (χ1n) is 11.0. The number of unbranched alkanes of at least 4 members (excludes halogenated alkanes) is 1. The highest BCUT2D eigenvalue weighted by Gasteiger charge is 2.23. The number of nitrogen functional groups attached to an aromatic ring is 1. The van der Waals surface area contributed by atoms with Crippen LogP contribution in [-0.4, -0.2) is 28.6 Å². The minimum atomic E-state index is -3.02. The summed E-state index contributed by atoms with van der Waals surface area (Å²) in [7, 11) is 0. The van der Waals surface area contributed by atoms with Crippen molar-refractivity contribution in [1.82, 2.24) is 9.55 Å². The van der Waals surface area contributed by atoms with Crippen LogP contribution in [0.1, 0.15) is 30.9 Å². The highest BCUT2D eigenvalue weighted by Crippen LogP contribution is 2.23. The average Bonchev–Trinajstić information content (AvgIpc) is 2.83. The lowest BCUT2D eigenvalue weighted by molar-refractivity contribution is -0.114. The van der Waals surface area contributed by atoms with Gasteiger partial charge in [0.05, 0.1) is 6.54 Å². The second kappa shape index (κ2) is 11.8. The molecule has 0 atom stereocenters. The van der Waals surface area contributed by atoms with Crippen molar-refractivity contribution in [3.63, 3.8) is 0 Å². The summed E-state index contributed by atoms with van der Waals surface area (Å²) in [5.74, 6) is -0.852. The van der Waals surface area contributed by atoms with Gasteiger partial charge in [-0.05, 0) is 24.1 Å². The third-order valence-electron chi connectivity index (χ3n) is 5.21. The molecule has 0 unspecified atom stereocenters. The molecule has 1 aromatic heterocycles. The Morgan fingerprint density at radius 1 is 1.14 bits per heavy atom. The number of ether oxygens (including phenoxy) is 1. The topological polar surface area (TPSA) is 110 Å². The van der Waals surface area contributed by atoms with Crippen molar-refractivity contribution in [3.05, 3.63) is 92.6 Å². The Bertz CT molecular complexity index is 1300. The summed E-state index contributed by atoms with van der Waals surface area (Å²) in [5.41, 5.74) is 5.64. The standard InChI is InChI=1S/C25H26F2N4O4/c1-2-3-15-30(20(32)14-13-18-11-7-8-12-19(18)35-24(26)27)21-22(28)31(25(34)29-23(21)33)16-17-9-5-4-6-10-17/h4-14,24H,2-3,15-16,28H2,1H3,(H,29,33,34)/b14-13+. The molecule has 184 valence electrons. The fourth-order valence-corrected chi connectivity index (χ4v) is 3.48. The summed E-state index contributed by atoms with van der Waals surface area (Å²) in [6.07, 6.45) is 3.75. The molecule has 1 amide bonds. The van der Waals surface area contributed by atoms with E-state index in [0.717, 1.165) is 18.1 Å². The van der Waals surface area contributed by atoms with E-state index >= 15 is 0 Å². The number of carbonyl (C=O) groups excluding carboxylic acids is 1. The Kier molecular flexibility index (Phi) is 8.55. The van der Waals surface area contributed by atoms with Gasteiger partial charge in [0.25, 0.3) is 11.5 Å². The first kappa shape index (κ1) is 25.4. The SMILES string of the molecule is CCCCN(C(=O)/C=C/c1ccccc1OC(F)F)c1c(N)n(Cc2ccccc2)c(=O)[nH]c1=O. The Labute approximate surface area is 200 Å². The Balaban J connectivity index is 2.00. The second-order valence-electron chi connectivity index (χ2n) is 7.66. The van der Waals surface area contributed by atoms with Gasteiger partial charge in [-0.3, -0.25) is 19.1 Å². The van der Waals surface area contributed by atoms with Gasteiger partial charge in [0.1, 0.15) is 11.6 Å². The number of benzene rings is 2. The average molecular weight is 485 g/mol. The van der Waals surface area contributed by atoms with Crippen molar-refractivity contribution < 1.29 is 18.3 Å². The lowest BCUT2D eigenvalue weighted by Crippen LogP contribution is -2.41. The van der Waals surface area contributed by atoms with Crippen LogP contribution in [0, 0.1) is 0 Å². The number of nitrogens with zero attached hydrogens (tertiary/aromatic N) is 2. The van der Waals surface area contributed by atoms with Gasteiger partial charge >= 0.3 is 12.3 Å². The maximum Gasteiger partial charge on any atom is 0.387 e. The maximum atomic E-state index is 13.2. The van der Waals surface area contributed by atoms with Gasteiger partial charge in [0.15, 0.2) is 5.69 Å². The molecule has 0 fully saturated rings. The van der Waals surface area contributed by atoms with Gasteiger partial charge in [-0.2, -0.15) is 8.78 Å². The predicted octanol–water partition coefficient (Wildman–Crippen LogP) is 3.62. The molecule has 0 aliphatic carbocycles. The molecule has 10 heteroatoms. The molecule has 0 saturated carbocycles. The van der Waals surface area contributed by atoms with Crippen LogP contribution in [0.5, 0.6) is 5.75 Å². The molecule has 1 heterocycles. The van der Waals surface area contributed by atoms with E-state index in [1.165, 1.54) is 33.7 Å². The molecule has 0 aliphatic heterocycles. The third-order valence-corrected chi connectivity index (χ3v) is 5.21. The Hall–Kier alpha value is -4.21. The highest BCUT2D eigenvalue weighted by molar-refractivity contribution is 6.05. The van der Waals surface area contributed by atoms with E-state index in [4.69, 9.17) is 5.73 Å². The Morgan fingerprint density at radius 3 is 2.51 bits per heavy atom. The van der Waals surface area contributed by atoms with Gasteiger partial charge in [0.2, 0.25) is 0 Å². The normalized spacial score (nSPS) is 11.2. The molecule has 3 N–H and O–H groups in total. The van der Waals surface area contributed by atoms with E-state index in [9.17, 15) is 23.2 Å². The fraction of sp³-hybridized carbons (Fsp3) is 0.240. The number of aromatic nitrogens is 2. The molecule has 0 spiro atoms. The molecule has 0 bridgehead atoms. The summed E-state index contributed by atoms with van der Waals surface area (Å²) in [6, 6.07) is 15.1. The van der Waals surface area contributed by atoms with Gasteiger partial charge in [-0.25, -0.2) is 4.79 Å². The third kappa shape index (κ3) is 6.44. The van der Waals surface area contributed by atoms with E-state index in [-0.39, 0.29) is 35.9 Å². The van der Waals surface area contributed by atoms with Gasteiger partial charge in [-0.15, -0.1) is 0 Å². The molecule has 0 radical (unpaired) electrons. The smallest absolute Gasteiger partial charge is 0.387 e. The molecule has 3 rings (SSSR count). The number of amides is 1. The fourth-order valence-electron chi connectivity index (χ4n) is 3.48. The van der Waals surface area contributed by atoms with Crippen LogP contribution in [0.25, 0.3) is 6.08 Å². The lowest BCUT2D eigenvalue weighted by Gasteiger charge is -2.23. The van der Waals surface area contributed by atoms with Gasteiger partial charge < -0.3 is 15.4 Å². The number of H-pyrrole nitrogens is 1. The van der Waals surface area contributed by atoms with E-state index in [0.29, 0.717) is 6.42 Å². The molecular formula is C25H26F2N4O4. The summed E-state index contributed by atoms with van der Waals surface area (Å²) in [5, 5.41) is 0. The summed E-state index contributed by atoms with van der Waals surface area (Å²) < 4.78 is 31.1. The van der Waals surface area contributed by atoms with Crippen molar-refractivity contribution in [3.8, 4) is 5.75 Å². The minimum absolute atomic E-state index is 0.0965. The van der Waals surface area contributed by atoms with Crippen LogP contribution >= 0.6 is 0 Å². The molecule has 0 saturated heterocycles. The van der Waals surface area contributed by atoms with E-state index in [1.54, 1.807) is 30.3 Å². The van der Waals surface area contributed by atoms with Crippen LogP contribution < -0.4 is 26.6 Å². The van der Waals surface area contributed by atoms with Crippen molar-refractivity contribution >= 4 is 23.5 Å². The number of hydrogen-bond donors (Lipinski definition) is 2. The van der Waals surface area contributed by atoms with Crippen LogP contribution in [0.15, 0.2) is 70.3 Å². The molecular weight excluding hydrogens is 458 g/mol. The molecule has 35 heavy (non-hydrogen) atoms. The number of para-hydroxylation sites is 1. The summed E-state index contributed by atoms with van der Waals surface area (Å²) >= 11 is 0. The molecule has 2 aromatic carbocycles. The zero-order valence-corrected chi connectivity index (χ0v) is 19.1. The number of halogens is 2. The molecule has 0 aliphatic rings. The first-order chi connectivity index (χ1) is 16.8. The quantitative estimate of drug-likeness (QED) is 0.427.